The van der Waals surface area contributed by atoms with Crippen LogP contribution in [0.4, 0.5) is 11.6 Å². The summed E-state index contributed by atoms with van der Waals surface area (Å²) in [5.41, 5.74) is 4.13. The van der Waals surface area contributed by atoms with Crippen LogP contribution in [0.3, 0.4) is 0 Å². The van der Waals surface area contributed by atoms with Crippen LogP contribution in [0.15, 0.2) is 71.8 Å². The number of nitrogens with one attached hydrogen (secondary N) is 2. The first-order valence-corrected chi connectivity index (χ1v) is 9.15. The highest BCUT2D eigenvalue weighted by molar-refractivity contribution is 7.97. The van der Waals surface area contributed by atoms with Gasteiger partial charge in [0.25, 0.3) is 0 Å². The molecular formula is C20H16N6S. The van der Waals surface area contributed by atoms with Crippen LogP contribution in [-0.2, 0) is 0 Å². The number of nitrogens with zero attached hydrogens (tertiary/aromatic N) is 4. The first kappa shape index (κ1) is 17.1. The van der Waals surface area contributed by atoms with Crippen molar-refractivity contribution < 1.29 is 0 Å². The number of hydrogen-bond acceptors (Lipinski definition) is 6. The lowest BCUT2D eigenvalue weighted by molar-refractivity contribution is 0.966. The molecule has 0 aliphatic heterocycles. The van der Waals surface area contributed by atoms with Crippen LogP contribution < -0.4 is 10.0 Å². The summed E-state index contributed by atoms with van der Waals surface area (Å²) in [5.74, 6) is 0.453. The van der Waals surface area contributed by atoms with Gasteiger partial charge >= 0.3 is 0 Å². The van der Waals surface area contributed by atoms with Crippen molar-refractivity contribution in [3.8, 4) is 17.2 Å². The van der Waals surface area contributed by atoms with E-state index in [1.807, 2.05) is 49.6 Å². The van der Waals surface area contributed by atoms with Crippen LogP contribution in [0.1, 0.15) is 5.56 Å². The molecule has 27 heavy (non-hydrogen) atoms. The van der Waals surface area contributed by atoms with Gasteiger partial charge in [-0.3, -0.25) is 4.72 Å². The summed E-state index contributed by atoms with van der Waals surface area (Å²) < 4.78 is 4.83. The molecule has 0 aliphatic carbocycles. The second-order valence-corrected chi connectivity index (χ2v) is 6.86. The Labute approximate surface area is 161 Å². The molecule has 132 valence electrons. The number of para-hydroxylation sites is 1. The van der Waals surface area contributed by atoms with E-state index in [1.54, 1.807) is 22.5 Å². The molecule has 2 N–H and O–H groups in total. The molecule has 0 amide bonds. The number of hydrogen-bond donors (Lipinski definition) is 2. The Kier molecular flexibility index (Phi) is 4.75. The third kappa shape index (κ3) is 3.62. The fourth-order valence-corrected chi connectivity index (χ4v) is 3.34. The van der Waals surface area contributed by atoms with Gasteiger partial charge in [0, 0.05) is 16.7 Å². The molecule has 4 rings (SSSR count). The van der Waals surface area contributed by atoms with E-state index in [0.717, 1.165) is 21.7 Å². The molecule has 0 fully saturated rings. The number of fused-ring (bicyclic) bond motifs is 1. The normalized spacial score (nSPS) is 10.7. The molecule has 2 aromatic carbocycles. The minimum Gasteiger partial charge on any atom is -0.322 e. The van der Waals surface area contributed by atoms with Crippen molar-refractivity contribution in [2.24, 2.45) is 0 Å². The Hall–Kier alpha value is -3.34. The summed E-state index contributed by atoms with van der Waals surface area (Å²) in [6.07, 6.45) is 1.95. The summed E-state index contributed by atoms with van der Waals surface area (Å²) in [5, 5.41) is 16.8. The lowest BCUT2D eigenvalue weighted by Crippen LogP contribution is -1.95. The summed E-state index contributed by atoms with van der Waals surface area (Å²) in [4.78, 5) is 5.63. The lowest BCUT2D eigenvalue weighted by Gasteiger charge is -2.05. The largest absolute Gasteiger partial charge is 0.322 e. The second kappa shape index (κ2) is 7.50. The Morgan fingerprint density at radius 3 is 2.78 bits per heavy atom. The van der Waals surface area contributed by atoms with E-state index < -0.39 is 0 Å². The predicted molar refractivity (Wildman–Crippen MR) is 108 cm³/mol. The van der Waals surface area contributed by atoms with Crippen LogP contribution >= 0.6 is 11.9 Å². The summed E-state index contributed by atoms with van der Waals surface area (Å²) in [7, 11) is 1.90. The molecule has 0 radical (unpaired) electrons. The quantitative estimate of drug-likeness (QED) is 0.510. The van der Waals surface area contributed by atoms with E-state index in [-0.39, 0.29) is 0 Å². The third-order valence-electron chi connectivity index (χ3n) is 4.01. The van der Waals surface area contributed by atoms with Gasteiger partial charge in [-0.15, -0.1) is 5.10 Å². The second-order valence-electron chi connectivity index (χ2n) is 5.77. The van der Waals surface area contributed by atoms with Gasteiger partial charge in [-0.1, -0.05) is 24.3 Å². The zero-order chi connectivity index (χ0) is 18.6. The highest BCUT2D eigenvalue weighted by Gasteiger charge is 2.08. The molecule has 4 aromatic rings. The zero-order valence-corrected chi connectivity index (χ0v) is 15.4. The number of aromatic nitrogens is 3. The minimum absolute atomic E-state index is 0.453. The number of benzene rings is 2. The Morgan fingerprint density at radius 1 is 1.04 bits per heavy atom. The Morgan fingerprint density at radius 2 is 1.93 bits per heavy atom. The van der Waals surface area contributed by atoms with Gasteiger partial charge in [-0.05, 0) is 61.0 Å². The van der Waals surface area contributed by atoms with E-state index in [4.69, 9.17) is 0 Å². The first-order valence-electron chi connectivity index (χ1n) is 8.33. The molecule has 0 spiro atoms. The summed E-state index contributed by atoms with van der Waals surface area (Å²) in [6.45, 7) is 0. The number of rotatable bonds is 5. The van der Waals surface area contributed by atoms with Crippen molar-refractivity contribution in [1.82, 2.24) is 19.3 Å². The highest BCUT2D eigenvalue weighted by atomic mass is 32.2. The Bertz CT molecular complexity index is 1140. The lowest BCUT2D eigenvalue weighted by atomic mass is 10.1. The smallest absolute Gasteiger partial charge is 0.247 e. The van der Waals surface area contributed by atoms with Crippen LogP contribution in [0.25, 0.3) is 16.8 Å². The molecule has 0 unspecified atom stereocenters. The molecule has 0 aliphatic rings. The van der Waals surface area contributed by atoms with Crippen molar-refractivity contribution in [3.05, 3.63) is 72.4 Å². The summed E-state index contributed by atoms with van der Waals surface area (Å²) in [6, 6.07) is 21.7. The van der Waals surface area contributed by atoms with E-state index in [0.29, 0.717) is 17.2 Å². The Balaban J connectivity index is 1.66. The van der Waals surface area contributed by atoms with E-state index in [2.05, 4.69) is 44.4 Å². The molecule has 2 heterocycles. The molecule has 0 saturated heterocycles. The number of anilines is 2. The molecule has 0 atom stereocenters. The molecule has 6 nitrogen and oxygen atoms in total. The summed E-state index contributed by atoms with van der Waals surface area (Å²) >= 11 is 1.58. The van der Waals surface area contributed by atoms with E-state index in [9.17, 15) is 5.26 Å². The zero-order valence-electron chi connectivity index (χ0n) is 14.5. The number of nitriles is 1. The molecular weight excluding hydrogens is 356 g/mol. The monoisotopic (exact) mass is 372 g/mol. The van der Waals surface area contributed by atoms with Gasteiger partial charge < -0.3 is 5.32 Å². The van der Waals surface area contributed by atoms with Gasteiger partial charge in [0.05, 0.1) is 11.3 Å². The first-order chi connectivity index (χ1) is 13.3. The standard InChI is InChI=1S/C20H16N6S/c1-22-27-17-7-4-6-14(11-17)16-9-10-19-24-20(25-26(19)13-16)23-18-8-3-2-5-15(18)12-21/h2-11,13,22H,1H3,(H,23,25). The van der Waals surface area contributed by atoms with Crippen molar-refractivity contribution in [3.63, 3.8) is 0 Å². The van der Waals surface area contributed by atoms with Gasteiger partial charge in [0.2, 0.25) is 5.95 Å². The fraction of sp³-hybridized carbons (Fsp3) is 0.0500. The molecule has 0 saturated carbocycles. The average Bonchev–Trinajstić information content (AvgIpc) is 3.10. The van der Waals surface area contributed by atoms with E-state index in [1.165, 1.54) is 0 Å². The molecule has 7 heteroatoms. The van der Waals surface area contributed by atoms with Crippen LogP contribution in [0.5, 0.6) is 0 Å². The molecule has 2 aromatic heterocycles. The topological polar surface area (TPSA) is 78.0 Å². The van der Waals surface area contributed by atoms with Gasteiger partial charge in [0.15, 0.2) is 5.65 Å². The van der Waals surface area contributed by atoms with Crippen LogP contribution in [0.2, 0.25) is 0 Å². The van der Waals surface area contributed by atoms with E-state index >= 15 is 0 Å². The number of pyridine rings is 1. The van der Waals surface area contributed by atoms with Gasteiger partial charge in [-0.25, -0.2) is 4.52 Å². The van der Waals surface area contributed by atoms with Crippen molar-refractivity contribution in [2.45, 2.75) is 4.90 Å². The van der Waals surface area contributed by atoms with Gasteiger partial charge in [-0.2, -0.15) is 10.2 Å². The maximum atomic E-state index is 9.22. The molecule has 0 bridgehead atoms. The highest BCUT2D eigenvalue weighted by Crippen LogP contribution is 2.25. The van der Waals surface area contributed by atoms with Crippen molar-refractivity contribution in [1.29, 1.82) is 5.26 Å². The van der Waals surface area contributed by atoms with Gasteiger partial charge in [0.1, 0.15) is 6.07 Å². The fourth-order valence-electron chi connectivity index (χ4n) is 2.77. The van der Waals surface area contributed by atoms with Crippen LogP contribution in [-0.4, -0.2) is 21.6 Å². The van der Waals surface area contributed by atoms with Crippen molar-refractivity contribution in [2.75, 3.05) is 12.4 Å². The predicted octanol–water partition coefficient (Wildman–Crippen LogP) is 4.24. The maximum Gasteiger partial charge on any atom is 0.247 e. The maximum absolute atomic E-state index is 9.22. The third-order valence-corrected chi connectivity index (χ3v) is 4.71. The van der Waals surface area contributed by atoms with Crippen molar-refractivity contribution >= 4 is 29.2 Å². The SMILES string of the molecule is CNSc1cccc(-c2ccc3nc(Nc4ccccc4C#N)nn3c2)c1. The average molecular weight is 372 g/mol. The van der Waals surface area contributed by atoms with Crippen LogP contribution in [0, 0.1) is 11.3 Å². The minimum atomic E-state index is 0.453.